The van der Waals surface area contributed by atoms with E-state index < -0.39 is 15.9 Å². The molecule has 1 saturated heterocycles. The molecule has 31 heavy (non-hydrogen) atoms. The molecule has 1 aliphatic heterocycles. The molecule has 0 unspecified atom stereocenters. The lowest BCUT2D eigenvalue weighted by atomic mass is 10.1. The molecular weight excluding hydrogens is 414 g/mol. The van der Waals surface area contributed by atoms with Crippen LogP contribution in [0.25, 0.3) is 6.08 Å². The van der Waals surface area contributed by atoms with E-state index in [1.165, 1.54) is 22.5 Å². The molecule has 0 aliphatic carbocycles. The van der Waals surface area contributed by atoms with Crippen molar-refractivity contribution in [2.45, 2.75) is 31.1 Å². The number of carbonyl (C=O) groups excluding carboxylic acids is 1. The van der Waals surface area contributed by atoms with E-state index in [4.69, 9.17) is 4.74 Å². The first-order chi connectivity index (χ1) is 15.0. The maximum atomic E-state index is 12.9. The molecule has 0 spiro atoms. The van der Waals surface area contributed by atoms with Crippen molar-refractivity contribution in [3.63, 3.8) is 0 Å². The van der Waals surface area contributed by atoms with E-state index in [1.54, 1.807) is 30.3 Å². The number of ether oxygens (including phenoxy) is 1. The summed E-state index contributed by atoms with van der Waals surface area (Å²) in [5.41, 5.74) is 0.802. The second-order valence-electron chi connectivity index (χ2n) is 7.09. The van der Waals surface area contributed by atoms with E-state index in [9.17, 15) is 18.5 Å². The molecule has 1 aliphatic rings. The van der Waals surface area contributed by atoms with Gasteiger partial charge in [-0.25, -0.2) is 8.42 Å². The van der Waals surface area contributed by atoms with Crippen LogP contribution in [0.2, 0.25) is 0 Å². The molecule has 1 amide bonds. The summed E-state index contributed by atoms with van der Waals surface area (Å²) in [5, 5.41) is 12.1. The van der Waals surface area contributed by atoms with Gasteiger partial charge in [-0.05, 0) is 50.1 Å². The highest BCUT2D eigenvalue weighted by molar-refractivity contribution is 7.89. The highest BCUT2D eigenvalue weighted by atomic mass is 32.2. The Morgan fingerprint density at radius 2 is 1.90 bits per heavy atom. The number of rotatable bonds is 7. The first kappa shape index (κ1) is 22.5. The van der Waals surface area contributed by atoms with Crippen LogP contribution in [0, 0.1) is 11.3 Å². The number of carbonyl (C=O) groups is 1. The van der Waals surface area contributed by atoms with Gasteiger partial charge in [0, 0.05) is 24.3 Å². The molecular formula is C23H25N3O4S. The highest BCUT2D eigenvalue weighted by Crippen LogP contribution is 2.24. The van der Waals surface area contributed by atoms with Gasteiger partial charge in [-0.3, -0.25) is 4.79 Å². The topological polar surface area (TPSA) is 99.5 Å². The van der Waals surface area contributed by atoms with Crippen molar-refractivity contribution in [1.82, 2.24) is 4.31 Å². The number of amides is 1. The lowest BCUT2D eigenvalue weighted by Crippen LogP contribution is -2.35. The molecule has 2 aromatic carbocycles. The lowest BCUT2D eigenvalue weighted by molar-refractivity contribution is -0.112. The number of hydrogen-bond donors (Lipinski definition) is 1. The van der Waals surface area contributed by atoms with E-state index >= 15 is 0 Å². The summed E-state index contributed by atoms with van der Waals surface area (Å²) < 4.78 is 32.8. The Bertz CT molecular complexity index is 1110. The molecule has 1 N–H and O–H groups in total. The van der Waals surface area contributed by atoms with Crippen molar-refractivity contribution in [1.29, 1.82) is 5.26 Å². The Morgan fingerprint density at radius 3 is 2.61 bits per heavy atom. The summed E-state index contributed by atoms with van der Waals surface area (Å²) in [6.45, 7) is 3.31. The maximum Gasteiger partial charge on any atom is 0.266 e. The summed E-state index contributed by atoms with van der Waals surface area (Å²) in [7, 11) is -3.62. The van der Waals surface area contributed by atoms with E-state index in [0.29, 0.717) is 36.7 Å². The third-order valence-corrected chi connectivity index (χ3v) is 6.82. The minimum Gasteiger partial charge on any atom is -0.493 e. The van der Waals surface area contributed by atoms with Crippen molar-refractivity contribution >= 4 is 27.7 Å². The highest BCUT2D eigenvalue weighted by Gasteiger charge is 2.26. The predicted octanol–water partition coefficient (Wildman–Crippen LogP) is 3.81. The number of piperidine rings is 1. The van der Waals surface area contributed by atoms with Gasteiger partial charge in [-0.2, -0.15) is 9.57 Å². The second kappa shape index (κ2) is 10.2. The fraction of sp³-hybridized carbons (Fsp3) is 0.304. The zero-order valence-corrected chi connectivity index (χ0v) is 18.2. The standard InChI is InChI=1S/C23H25N3O4S/c1-2-30-22-12-5-4-9-18(22)15-19(17-24)23(27)25-20-10-8-11-21(16-20)31(28,29)26-13-6-3-7-14-26/h4-5,8-12,15-16H,2-3,6-7,13-14H2,1H3,(H,25,27)/b19-15+. The number of benzene rings is 2. The average molecular weight is 440 g/mol. The van der Waals surface area contributed by atoms with E-state index in [-0.39, 0.29) is 10.5 Å². The number of sulfonamides is 1. The fourth-order valence-electron chi connectivity index (χ4n) is 3.38. The van der Waals surface area contributed by atoms with Crippen LogP contribution in [0.1, 0.15) is 31.7 Å². The van der Waals surface area contributed by atoms with Crippen LogP contribution < -0.4 is 10.1 Å². The van der Waals surface area contributed by atoms with Gasteiger partial charge in [0.05, 0.1) is 11.5 Å². The van der Waals surface area contributed by atoms with Crippen LogP contribution in [0.15, 0.2) is 59.0 Å². The molecule has 1 heterocycles. The molecule has 0 atom stereocenters. The van der Waals surface area contributed by atoms with Crippen molar-refractivity contribution in [2.75, 3.05) is 25.0 Å². The SMILES string of the molecule is CCOc1ccccc1/C=C(\C#N)C(=O)Nc1cccc(S(=O)(=O)N2CCCCC2)c1. The van der Waals surface area contributed by atoms with Gasteiger partial charge in [0.15, 0.2) is 0 Å². The molecule has 7 nitrogen and oxygen atoms in total. The first-order valence-corrected chi connectivity index (χ1v) is 11.6. The van der Waals surface area contributed by atoms with Crippen molar-refractivity contribution in [2.24, 2.45) is 0 Å². The van der Waals surface area contributed by atoms with Gasteiger partial charge in [0.2, 0.25) is 10.0 Å². The number of para-hydroxylation sites is 1. The lowest BCUT2D eigenvalue weighted by Gasteiger charge is -2.26. The number of anilines is 1. The maximum absolute atomic E-state index is 12.9. The molecule has 3 rings (SSSR count). The largest absolute Gasteiger partial charge is 0.493 e. The van der Waals surface area contributed by atoms with Gasteiger partial charge in [0.1, 0.15) is 17.4 Å². The van der Waals surface area contributed by atoms with Crippen LogP contribution in [0.4, 0.5) is 5.69 Å². The predicted molar refractivity (Wildman–Crippen MR) is 119 cm³/mol. The Balaban J connectivity index is 1.81. The molecule has 1 fully saturated rings. The van der Waals surface area contributed by atoms with E-state index in [1.807, 2.05) is 19.1 Å². The van der Waals surface area contributed by atoms with Crippen LogP contribution in [0.5, 0.6) is 5.75 Å². The molecule has 0 saturated carbocycles. The Labute approximate surface area is 183 Å². The van der Waals surface area contributed by atoms with Gasteiger partial charge in [0.25, 0.3) is 5.91 Å². The van der Waals surface area contributed by atoms with Gasteiger partial charge >= 0.3 is 0 Å². The van der Waals surface area contributed by atoms with Crippen LogP contribution >= 0.6 is 0 Å². The van der Waals surface area contributed by atoms with Crippen molar-refractivity contribution in [3.8, 4) is 11.8 Å². The molecule has 8 heteroatoms. The quantitative estimate of drug-likeness (QED) is 0.522. The van der Waals surface area contributed by atoms with Gasteiger partial charge < -0.3 is 10.1 Å². The summed E-state index contributed by atoms with van der Waals surface area (Å²) in [4.78, 5) is 12.8. The van der Waals surface area contributed by atoms with E-state index in [0.717, 1.165) is 19.3 Å². The van der Waals surface area contributed by atoms with Crippen molar-refractivity contribution in [3.05, 3.63) is 59.7 Å². The summed E-state index contributed by atoms with van der Waals surface area (Å²) in [6, 6.07) is 15.1. The smallest absolute Gasteiger partial charge is 0.266 e. The zero-order chi connectivity index (χ0) is 22.3. The van der Waals surface area contributed by atoms with Crippen LogP contribution in [0.3, 0.4) is 0 Å². The Hall–Kier alpha value is -3.15. The first-order valence-electron chi connectivity index (χ1n) is 10.2. The molecule has 0 aromatic heterocycles. The van der Waals surface area contributed by atoms with Crippen LogP contribution in [-0.4, -0.2) is 38.3 Å². The Morgan fingerprint density at radius 1 is 1.16 bits per heavy atom. The minimum atomic E-state index is -3.62. The van der Waals surface area contributed by atoms with E-state index in [2.05, 4.69) is 5.32 Å². The number of nitrogens with zero attached hydrogens (tertiary/aromatic N) is 2. The molecule has 0 radical (unpaired) electrons. The summed E-state index contributed by atoms with van der Waals surface area (Å²) in [5.74, 6) is -0.0542. The van der Waals surface area contributed by atoms with Crippen molar-refractivity contribution < 1.29 is 17.9 Å². The fourth-order valence-corrected chi connectivity index (χ4v) is 4.94. The zero-order valence-electron chi connectivity index (χ0n) is 17.4. The average Bonchev–Trinajstić information content (AvgIpc) is 2.79. The third-order valence-electron chi connectivity index (χ3n) is 4.93. The summed E-state index contributed by atoms with van der Waals surface area (Å²) in [6.07, 6.45) is 4.16. The molecule has 0 bridgehead atoms. The molecule has 162 valence electrons. The normalized spacial score (nSPS) is 15.2. The number of nitrogens with one attached hydrogen (secondary N) is 1. The van der Waals surface area contributed by atoms with Crippen LogP contribution in [-0.2, 0) is 14.8 Å². The minimum absolute atomic E-state index is 0.114. The number of nitriles is 1. The van der Waals surface area contributed by atoms with Gasteiger partial charge in [-0.1, -0.05) is 30.7 Å². The third kappa shape index (κ3) is 5.51. The number of hydrogen-bond acceptors (Lipinski definition) is 5. The second-order valence-corrected chi connectivity index (χ2v) is 9.03. The monoisotopic (exact) mass is 439 g/mol. The van der Waals surface area contributed by atoms with Gasteiger partial charge in [-0.15, -0.1) is 0 Å². The summed E-state index contributed by atoms with van der Waals surface area (Å²) >= 11 is 0. The molecule has 2 aromatic rings. The Kier molecular flexibility index (Phi) is 7.45.